The van der Waals surface area contributed by atoms with Gasteiger partial charge in [-0.3, -0.25) is 0 Å². The van der Waals surface area contributed by atoms with Gasteiger partial charge in [0.15, 0.2) is 0 Å². The summed E-state index contributed by atoms with van der Waals surface area (Å²) in [5, 5.41) is 8.76. The molecule has 2 N–H and O–H groups in total. The van der Waals surface area contributed by atoms with Gasteiger partial charge in [-0.25, -0.2) is 13.2 Å². The summed E-state index contributed by atoms with van der Waals surface area (Å²) in [5.74, 6) is -1.18. The summed E-state index contributed by atoms with van der Waals surface area (Å²) in [6.07, 6.45) is 1.83. The third-order valence-electron chi connectivity index (χ3n) is 2.71. The number of carbonyl (C=O) groups is 1. The van der Waals surface area contributed by atoms with Crippen LogP contribution in [0.2, 0.25) is 0 Å². The fraction of sp³-hybridized carbons (Fsp3) is 0.500. The highest BCUT2D eigenvalue weighted by Crippen LogP contribution is 2.18. The van der Waals surface area contributed by atoms with E-state index in [9.17, 15) is 13.2 Å². The number of nitrogens with one attached hydrogen (secondary N) is 1. The average molecular weight is 274 g/mol. The number of nitrogens with zero attached hydrogens (tertiary/aromatic N) is 1. The minimum absolute atomic E-state index is 0.0261. The largest absolute Gasteiger partial charge is 0.477 e. The molecule has 0 aromatic carbocycles. The first-order chi connectivity index (χ1) is 8.51. The summed E-state index contributed by atoms with van der Waals surface area (Å²) in [7, 11) is -3.64. The standard InChI is InChI=1S/C10H14N2O5S/c13-10(14)9-6-8(7-11-9)18(15,16)12-2-1-4-17-5-3-12/h6-7,11H,1-5H2,(H,13,14). The maximum absolute atomic E-state index is 12.2. The topological polar surface area (TPSA) is 99.7 Å². The molecule has 0 amide bonds. The van der Waals surface area contributed by atoms with Gasteiger partial charge in [0.1, 0.15) is 10.6 Å². The van der Waals surface area contributed by atoms with E-state index in [0.29, 0.717) is 26.2 Å². The summed E-state index contributed by atoms with van der Waals surface area (Å²) in [6, 6.07) is 1.13. The van der Waals surface area contributed by atoms with Crippen molar-refractivity contribution in [2.24, 2.45) is 0 Å². The molecule has 18 heavy (non-hydrogen) atoms. The molecule has 7 nitrogen and oxygen atoms in total. The fourth-order valence-electron chi connectivity index (χ4n) is 1.76. The van der Waals surface area contributed by atoms with Crippen molar-refractivity contribution in [1.29, 1.82) is 0 Å². The number of aromatic carboxylic acids is 1. The first-order valence-electron chi connectivity index (χ1n) is 5.51. The van der Waals surface area contributed by atoms with Crippen LogP contribution in [0.1, 0.15) is 16.9 Å². The van der Waals surface area contributed by atoms with Crippen LogP contribution < -0.4 is 0 Å². The van der Waals surface area contributed by atoms with Crippen LogP contribution in [0.3, 0.4) is 0 Å². The van der Waals surface area contributed by atoms with Crippen LogP contribution >= 0.6 is 0 Å². The van der Waals surface area contributed by atoms with Gasteiger partial charge in [0, 0.05) is 25.9 Å². The van der Waals surface area contributed by atoms with Crippen molar-refractivity contribution in [1.82, 2.24) is 9.29 Å². The second-order valence-corrected chi connectivity index (χ2v) is 5.86. The Bertz CT molecular complexity index is 528. The monoisotopic (exact) mass is 274 g/mol. The zero-order valence-corrected chi connectivity index (χ0v) is 10.4. The Labute approximate surface area is 104 Å². The second kappa shape index (κ2) is 5.09. The molecule has 0 atom stereocenters. The average Bonchev–Trinajstić information content (AvgIpc) is 2.66. The van der Waals surface area contributed by atoms with Crippen molar-refractivity contribution in [3.63, 3.8) is 0 Å². The first-order valence-corrected chi connectivity index (χ1v) is 6.95. The van der Waals surface area contributed by atoms with E-state index >= 15 is 0 Å². The van der Waals surface area contributed by atoms with E-state index in [1.165, 1.54) is 10.5 Å². The maximum atomic E-state index is 12.2. The molecular formula is C10H14N2O5S. The molecule has 1 aromatic heterocycles. The van der Waals surface area contributed by atoms with Crippen molar-refractivity contribution in [2.75, 3.05) is 26.3 Å². The number of aromatic amines is 1. The zero-order valence-electron chi connectivity index (χ0n) is 9.63. The number of rotatable bonds is 3. The molecule has 1 aliphatic rings. The number of carboxylic acid groups (broad SMARTS) is 1. The van der Waals surface area contributed by atoms with Crippen molar-refractivity contribution >= 4 is 16.0 Å². The predicted octanol–water partition coefficient (Wildman–Crippen LogP) is 0.124. The van der Waals surface area contributed by atoms with E-state index in [1.807, 2.05) is 0 Å². The third-order valence-corrected chi connectivity index (χ3v) is 4.58. The van der Waals surface area contributed by atoms with Crippen LogP contribution in [-0.2, 0) is 14.8 Å². The second-order valence-electron chi connectivity index (χ2n) is 3.92. The highest BCUT2D eigenvalue weighted by atomic mass is 32.2. The summed E-state index contributed by atoms with van der Waals surface area (Å²) in [6.45, 7) is 1.57. The van der Waals surface area contributed by atoms with Gasteiger partial charge in [0.25, 0.3) is 0 Å². The molecule has 1 fully saturated rings. The number of sulfonamides is 1. The number of hydrogen-bond donors (Lipinski definition) is 2. The summed E-state index contributed by atoms with van der Waals surface area (Å²) < 4.78 is 31.0. The van der Waals surface area contributed by atoms with Gasteiger partial charge >= 0.3 is 5.97 Å². The minimum Gasteiger partial charge on any atom is -0.477 e. The molecule has 0 bridgehead atoms. The van der Waals surface area contributed by atoms with Gasteiger partial charge in [-0.1, -0.05) is 0 Å². The van der Waals surface area contributed by atoms with Crippen LogP contribution in [-0.4, -0.2) is 55.1 Å². The molecule has 2 rings (SSSR count). The van der Waals surface area contributed by atoms with E-state index in [0.717, 1.165) is 6.07 Å². The Kier molecular flexibility index (Phi) is 3.69. The summed E-state index contributed by atoms with van der Waals surface area (Å²) in [4.78, 5) is 13.1. The smallest absolute Gasteiger partial charge is 0.352 e. The Morgan fingerprint density at radius 1 is 1.39 bits per heavy atom. The Morgan fingerprint density at radius 2 is 2.17 bits per heavy atom. The zero-order chi connectivity index (χ0) is 13.2. The number of carboxylic acids is 1. The SMILES string of the molecule is O=C(O)c1cc(S(=O)(=O)N2CCCOCC2)c[nH]1. The van der Waals surface area contributed by atoms with Crippen molar-refractivity contribution in [3.05, 3.63) is 18.0 Å². The summed E-state index contributed by atoms with van der Waals surface area (Å²) in [5.41, 5.74) is -0.139. The maximum Gasteiger partial charge on any atom is 0.352 e. The van der Waals surface area contributed by atoms with Gasteiger partial charge in [-0.15, -0.1) is 0 Å². The molecule has 0 unspecified atom stereocenters. The van der Waals surface area contributed by atoms with Gasteiger partial charge < -0.3 is 14.8 Å². The van der Waals surface area contributed by atoms with Gasteiger partial charge in [-0.05, 0) is 12.5 Å². The predicted molar refractivity (Wildman–Crippen MR) is 61.9 cm³/mol. The lowest BCUT2D eigenvalue weighted by molar-refractivity contribution is 0.0691. The Morgan fingerprint density at radius 3 is 2.83 bits per heavy atom. The quantitative estimate of drug-likeness (QED) is 0.815. The highest BCUT2D eigenvalue weighted by molar-refractivity contribution is 7.89. The molecule has 1 aromatic rings. The molecule has 100 valence electrons. The number of hydrogen-bond acceptors (Lipinski definition) is 4. The van der Waals surface area contributed by atoms with Gasteiger partial charge in [-0.2, -0.15) is 4.31 Å². The van der Waals surface area contributed by atoms with Crippen LogP contribution in [0.25, 0.3) is 0 Å². The van der Waals surface area contributed by atoms with Crippen LogP contribution in [0.15, 0.2) is 17.2 Å². The van der Waals surface area contributed by atoms with Crippen molar-refractivity contribution in [3.8, 4) is 0 Å². The van der Waals surface area contributed by atoms with Crippen LogP contribution in [0, 0.1) is 0 Å². The van der Waals surface area contributed by atoms with E-state index in [4.69, 9.17) is 9.84 Å². The van der Waals surface area contributed by atoms with E-state index < -0.39 is 16.0 Å². The number of ether oxygens (including phenoxy) is 1. The highest BCUT2D eigenvalue weighted by Gasteiger charge is 2.27. The molecule has 0 aliphatic carbocycles. The van der Waals surface area contributed by atoms with Gasteiger partial charge in [0.05, 0.1) is 6.61 Å². The molecule has 0 radical (unpaired) electrons. The normalized spacial score (nSPS) is 18.4. The van der Waals surface area contributed by atoms with Gasteiger partial charge in [0.2, 0.25) is 10.0 Å². The molecule has 0 spiro atoms. The third kappa shape index (κ3) is 2.55. The number of H-pyrrole nitrogens is 1. The molecule has 1 saturated heterocycles. The molecule has 1 aliphatic heterocycles. The van der Waals surface area contributed by atoms with Crippen molar-refractivity contribution in [2.45, 2.75) is 11.3 Å². The lowest BCUT2D eigenvalue weighted by atomic mass is 10.4. The fourth-order valence-corrected chi connectivity index (χ4v) is 3.22. The van der Waals surface area contributed by atoms with Crippen molar-refractivity contribution < 1.29 is 23.1 Å². The summed E-state index contributed by atoms with van der Waals surface area (Å²) >= 11 is 0. The Hall–Kier alpha value is -1.38. The van der Waals surface area contributed by atoms with E-state index in [-0.39, 0.29) is 17.1 Å². The first kappa shape index (κ1) is 13.1. The molecule has 8 heteroatoms. The van der Waals surface area contributed by atoms with Crippen LogP contribution in [0.4, 0.5) is 0 Å². The van der Waals surface area contributed by atoms with E-state index in [1.54, 1.807) is 0 Å². The Balaban J connectivity index is 2.25. The minimum atomic E-state index is -3.64. The lowest BCUT2D eigenvalue weighted by Crippen LogP contribution is -2.33. The molecule has 2 heterocycles. The molecular weight excluding hydrogens is 260 g/mol. The van der Waals surface area contributed by atoms with Crippen LogP contribution in [0.5, 0.6) is 0 Å². The molecule has 0 saturated carbocycles. The van der Waals surface area contributed by atoms with E-state index in [2.05, 4.69) is 4.98 Å². The number of aromatic nitrogens is 1. The lowest BCUT2D eigenvalue weighted by Gasteiger charge is -2.18.